The fourth-order valence-electron chi connectivity index (χ4n) is 3.00. The van der Waals surface area contributed by atoms with Crippen molar-refractivity contribution in [2.45, 2.75) is 26.3 Å². The Kier molecular flexibility index (Phi) is 7.10. The number of halogens is 1. The van der Waals surface area contributed by atoms with Crippen LogP contribution in [0.2, 0.25) is 0 Å². The van der Waals surface area contributed by atoms with Gasteiger partial charge in [0.15, 0.2) is 0 Å². The van der Waals surface area contributed by atoms with Crippen LogP contribution >= 0.6 is 11.6 Å². The van der Waals surface area contributed by atoms with Crippen LogP contribution in [0.3, 0.4) is 0 Å². The largest absolute Gasteiger partial charge is 0.457 e. The minimum absolute atomic E-state index is 0.0603. The summed E-state index contributed by atoms with van der Waals surface area (Å²) < 4.78 is 5.92. The zero-order valence-electron chi connectivity index (χ0n) is 16.0. The Bertz CT molecular complexity index is 877. The molecule has 0 fully saturated rings. The fourth-order valence-corrected chi connectivity index (χ4v) is 3.15. The summed E-state index contributed by atoms with van der Waals surface area (Å²) in [7, 11) is 0. The van der Waals surface area contributed by atoms with Crippen LogP contribution in [-0.2, 0) is 17.8 Å². The van der Waals surface area contributed by atoms with Crippen molar-refractivity contribution in [3.05, 3.63) is 90.0 Å². The van der Waals surface area contributed by atoms with Crippen LogP contribution in [0.25, 0.3) is 0 Å². The first-order valence-electron chi connectivity index (χ1n) is 9.46. The first kappa shape index (κ1) is 20.0. The average Bonchev–Trinajstić information content (AvgIpc) is 2.74. The SMILES string of the molecule is CCCc1ccc(Oc2ccc(N(Cc3ccccc3)C(=O)CCl)cc2)cc1. The molecule has 0 atom stereocenters. The van der Waals surface area contributed by atoms with E-state index >= 15 is 0 Å². The van der Waals surface area contributed by atoms with E-state index in [4.69, 9.17) is 16.3 Å². The number of rotatable bonds is 8. The van der Waals surface area contributed by atoms with Crippen LogP contribution in [0.1, 0.15) is 24.5 Å². The lowest BCUT2D eigenvalue weighted by Crippen LogP contribution is -2.31. The maximum absolute atomic E-state index is 12.3. The van der Waals surface area contributed by atoms with Gasteiger partial charge in [-0.2, -0.15) is 0 Å². The number of hydrogen-bond donors (Lipinski definition) is 0. The summed E-state index contributed by atoms with van der Waals surface area (Å²) in [5.41, 5.74) is 3.15. The predicted octanol–water partition coefficient (Wildman–Crippen LogP) is 6.20. The summed E-state index contributed by atoms with van der Waals surface area (Å²) in [6, 6.07) is 25.5. The molecule has 0 unspecified atom stereocenters. The normalized spacial score (nSPS) is 10.5. The summed E-state index contributed by atoms with van der Waals surface area (Å²) >= 11 is 5.82. The molecule has 144 valence electrons. The Hall–Kier alpha value is -2.78. The Morgan fingerprint density at radius 3 is 2.04 bits per heavy atom. The number of aryl methyl sites for hydroxylation is 1. The molecule has 0 saturated heterocycles. The van der Waals surface area contributed by atoms with E-state index in [1.807, 2.05) is 66.7 Å². The molecule has 0 aliphatic rings. The highest BCUT2D eigenvalue weighted by Crippen LogP contribution is 2.26. The lowest BCUT2D eigenvalue weighted by atomic mass is 10.1. The second-order valence-electron chi connectivity index (χ2n) is 6.59. The minimum atomic E-state index is -0.134. The molecule has 0 aromatic heterocycles. The van der Waals surface area contributed by atoms with Crippen molar-refractivity contribution >= 4 is 23.2 Å². The van der Waals surface area contributed by atoms with Gasteiger partial charge in [-0.15, -0.1) is 11.6 Å². The molecule has 0 N–H and O–H groups in total. The molecule has 0 spiro atoms. The zero-order chi connectivity index (χ0) is 19.8. The number of hydrogen-bond acceptors (Lipinski definition) is 2. The van der Waals surface area contributed by atoms with E-state index in [2.05, 4.69) is 19.1 Å². The molecule has 0 aliphatic heterocycles. The number of carbonyl (C=O) groups excluding carboxylic acids is 1. The van der Waals surface area contributed by atoms with Crippen LogP contribution in [-0.4, -0.2) is 11.8 Å². The van der Waals surface area contributed by atoms with Gasteiger partial charge in [0.05, 0.1) is 6.54 Å². The number of benzene rings is 3. The number of anilines is 1. The van der Waals surface area contributed by atoms with E-state index in [0.29, 0.717) is 6.54 Å². The number of nitrogens with zero attached hydrogens (tertiary/aromatic N) is 1. The highest BCUT2D eigenvalue weighted by molar-refractivity contribution is 6.29. The van der Waals surface area contributed by atoms with E-state index in [1.54, 1.807) is 4.90 Å². The highest BCUT2D eigenvalue weighted by Gasteiger charge is 2.15. The molecule has 0 aliphatic carbocycles. The lowest BCUT2D eigenvalue weighted by molar-refractivity contribution is -0.116. The van der Waals surface area contributed by atoms with Crippen molar-refractivity contribution in [2.24, 2.45) is 0 Å². The molecule has 0 heterocycles. The summed E-state index contributed by atoms with van der Waals surface area (Å²) in [4.78, 5) is 14.0. The molecule has 4 heteroatoms. The van der Waals surface area contributed by atoms with Crippen molar-refractivity contribution in [1.29, 1.82) is 0 Å². The highest BCUT2D eigenvalue weighted by atomic mass is 35.5. The summed E-state index contributed by atoms with van der Waals surface area (Å²) in [6.45, 7) is 2.65. The Labute approximate surface area is 171 Å². The monoisotopic (exact) mass is 393 g/mol. The number of ether oxygens (including phenoxy) is 1. The van der Waals surface area contributed by atoms with Crippen LogP contribution in [0.4, 0.5) is 5.69 Å². The topological polar surface area (TPSA) is 29.5 Å². The van der Waals surface area contributed by atoms with Gasteiger partial charge in [-0.3, -0.25) is 4.79 Å². The standard InChI is InChI=1S/C24H24ClNO2/c1-2-6-19-9-13-22(14-10-19)28-23-15-11-21(12-16-23)26(24(27)17-25)18-20-7-4-3-5-8-20/h3-5,7-16H,2,6,17-18H2,1H3. The van der Waals surface area contributed by atoms with Gasteiger partial charge in [0.1, 0.15) is 17.4 Å². The average molecular weight is 394 g/mol. The van der Waals surface area contributed by atoms with E-state index in [-0.39, 0.29) is 11.8 Å². The van der Waals surface area contributed by atoms with E-state index < -0.39 is 0 Å². The fraction of sp³-hybridized carbons (Fsp3) is 0.208. The van der Waals surface area contributed by atoms with Gasteiger partial charge < -0.3 is 9.64 Å². The van der Waals surface area contributed by atoms with Crippen LogP contribution < -0.4 is 9.64 Å². The van der Waals surface area contributed by atoms with Crippen molar-refractivity contribution in [3.63, 3.8) is 0 Å². The van der Waals surface area contributed by atoms with Crippen molar-refractivity contribution in [3.8, 4) is 11.5 Å². The molecule has 3 nitrogen and oxygen atoms in total. The zero-order valence-corrected chi connectivity index (χ0v) is 16.7. The third-order valence-corrected chi connectivity index (χ3v) is 4.67. The maximum atomic E-state index is 12.3. The third kappa shape index (κ3) is 5.37. The molecule has 3 aromatic carbocycles. The van der Waals surface area contributed by atoms with Crippen LogP contribution in [0.15, 0.2) is 78.9 Å². The van der Waals surface area contributed by atoms with Crippen molar-refractivity contribution < 1.29 is 9.53 Å². The Morgan fingerprint density at radius 1 is 0.857 bits per heavy atom. The van der Waals surface area contributed by atoms with E-state index in [9.17, 15) is 4.79 Å². The molecular formula is C24H24ClNO2. The number of carbonyl (C=O) groups is 1. The molecular weight excluding hydrogens is 370 g/mol. The smallest absolute Gasteiger partial charge is 0.242 e. The van der Waals surface area contributed by atoms with Crippen molar-refractivity contribution in [1.82, 2.24) is 0 Å². The molecule has 0 radical (unpaired) electrons. The first-order valence-corrected chi connectivity index (χ1v) is 10.00. The number of amides is 1. The molecule has 28 heavy (non-hydrogen) atoms. The van der Waals surface area contributed by atoms with E-state index in [0.717, 1.165) is 35.6 Å². The van der Waals surface area contributed by atoms with Gasteiger partial charge in [0.25, 0.3) is 0 Å². The third-order valence-electron chi connectivity index (χ3n) is 4.45. The molecule has 0 bridgehead atoms. The molecule has 3 aromatic rings. The lowest BCUT2D eigenvalue weighted by Gasteiger charge is -2.22. The van der Waals surface area contributed by atoms with Crippen LogP contribution in [0.5, 0.6) is 11.5 Å². The quantitative estimate of drug-likeness (QED) is 0.426. The summed E-state index contributed by atoms with van der Waals surface area (Å²) in [5, 5.41) is 0. The molecule has 1 amide bonds. The second kappa shape index (κ2) is 9.95. The van der Waals surface area contributed by atoms with E-state index in [1.165, 1.54) is 5.56 Å². The molecule has 3 rings (SSSR count). The van der Waals surface area contributed by atoms with Gasteiger partial charge in [0.2, 0.25) is 5.91 Å². The van der Waals surface area contributed by atoms with Gasteiger partial charge in [-0.25, -0.2) is 0 Å². The molecule has 0 saturated carbocycles. The van der Waals surface area contributed by atoms with Gasteiger partial charge in [-0.05, 0) is 53.9 Å². The Balaban J connectivity index is 1.72. The summed E-state index contributed by atoms with van der Waals surface area (Å²) in [5.74, 6) is 1.33. The van der Waals surface area contributed by atoms with Crippen LogP contribution in [0, 0.1) is 0 Å². The van der Waals surface area contributed by atoms with Gasteiger partial charge in [-0.1, -0.05) is 55.8 Å². The maximum Gasteiger partial charge on any atom is 0.242 e. The van der Waals surface area contributed by atoms with Crippen molar-refractivity contribution in [2.75, 3.05) is 10.8 Å². The Morgan fingerprint density at radius 2 is 1.46 bits per heavy atom. The minimum Gasteiger partial charge on any atom is -0.457 e. The predicted molar refractivity (Wildman–Crippen MR) is 115 cm³/mol. The number of alkyl halides is 1. The van der Waals surface area contributed by atoms with Gasteiger partial charge >= 0.3 is 0 Å². The summed E-state index contributed by atoms with van der Waals surface area (Å²) in [6.07, 6.45) is 2.20. The first-order chi connectivity index (χ1) is 13.7. The van der Waals surface area contributed by atoms with Gasteiger partial charge in [0, 0.05) is 5.69 Å². The second-order valence-corrected chi connectivity index (χ2v) is 6.86.